The summed E-state index contributed by atoms with van der Waals surface area (Å²) < 4.78 is 16.1. The zero-order valence-corrected chi connectivity index (χ0v) is 18.8. The lowest BCUT2D eigenvalue weighted by atomic mass is 10.1. The Balaban J connectivity index is 1.31. The number of amides is 1. The average Bonchev–Trinajstić information content (AvgIpc) is 2.82. The fourth-order valence-electron chi connectivity index (χ4n) is 3.18. The number of rotatable bonds is 7. The molecule has 9 heteroatoms. The highest BCUT2D eigenvalue weighted by molar-refractivity contribution is 6.32. The number of benzene rings is 2. The van der Waals surface area contributed by atoms with Gasteiger partial charge in [-0.05, 0) is 54.4 Å². The van der Waals surface area contributed by atoms with Crippen molar-refractivity contribution in [2.24, 2.45) is 0 Å². The van der Waals surface area contributed by atoms with Crippen molar-refractivity contribution >= 4 is 40.1 Å². The molecular formula is C25H19ClN2O6. The van der Waals surface area contributed by atoms with Crippen molar-refractivity contribution in [2.75, 3.05) is 11.9 Å². The molecule has 0 aliphatic carbocycles. The number of halogens is 1. The van der Waals surface area contributed by atoms with Gasteiger partial charge >= 0.3 is 11.6 Å². The molecule has 8 nitrogen and oxygen atoms in total. The van der Waals surface area contributed by atoms with Crippen molar-refractivity contribution in [3.8, 4) is 5.75 Å². The van der Waals surface area contributed by atoms with Gasteiger partial charge in [0.25, 0.3) is 5.91 Å². The van der Waals surface area contributed by atoms with Crippen LogP contribution in [0.15, 0.2) is 76.1 Å². The molecule has 0 spiro atoms. The van der Waals surface area contributed by atoms with Gasteiger partial charge in [-0.3, -0.25) is 4.79 Å². The standard InChI is InChI=1S/C25H19ClN2O6/c1-15-11-23(30)34-21-12-18(8-9-19(15)21)32-13-16-4-6-17(7-5-16)25(31)33-14-22(29)28-20-3-2-10-27-24(20)26/h2-12H,13-14H2,1H3,(H,28,29). The molecule has 2 heterocycles. The molecule has 4 rings (SSSR count). The Hall–Kier alpha value is -4.17. The van der Waals surface area contributed by atoms with E-state index in [4.69, 9.17) is 25.5 Å². The second-order valence-corrected chi connectivity index (χ2v) is 7.72. The van der Waals surface area contributed by atoms with E-state index in [1.807, 2.05) is 13.0 Å². The number of esters is 1. The molecule has 2 aromatic carbocycles. The van der Waals surface area contributed by atoms with Crippen LogP contribution in [0.1, 0.15) is 21.5 Å². The lowest BCUT2D eigenvalue weighted by molar-refractivity contribution is -0.119. The molecule has 4 aromatic rings. The Kier molecular flexibility index (Phi) is 6.89. The Morgan fingerprint density at radius 2 is 1.88 bits per heavy atom. The predicted molar refractivity (Wildman–Crippen MR) is 126 cm³/mol. The number of hydrogen-bond acceptors (Lipinski definition) is 7. The molecule has 0 radical (unpaired) electrons. The number of carbonyl (C=O) groups excluding carboxylic acids is 2. The highest BCUT2D eigenvalue weighted by Gasteiger charge is 2.12. The summed E-state index contributed by atoms with van der Waals surface area (Å²) in [6, 6.07) is 16.6. The second kappa shape index (κ2) is 10.2. The highest BCUT2D eigenvalue weighted by Crippen LogP contribution is 2.23. The number of aromatic nitrogens is 1. The van der Waals surface area contributed by atoms with Gasteiger partial charge in [-0.25, -0.2) is 14.6 Å². The summed E-state index contributed by atoms with van der Waals surface area (Å²) in [6.07, 6.45) is 1.49. The summed E-state index contributed by atoms with van der Waals surface area (Å²) in [4.78, 5) is 39.6. The van der Waals surface area contributed by atoms with Gasteiger partial charge in [-0.2, -0.15) is 0 Å². The number of hydrogen-bond donors (Lipinski definition) is 1. The van der Waals surface area contributed by atoms with Crippen molar-refractivity contribution in [3.63, 3.8) is 0 Å². The van der Waals surface area contributed by atoms with E-state index in [1.54, 1.807) is 48.5 Å². The molecule has 0 unspecified atom stereocenters. The zero-order chi connectivity index (χ0) is 24.1. The minimum atomic E-state index is -0.639. The summed E-state index contributed by atoms with van der Waals surface area (Å²) in [6.45, 7) is 1.62. The molecule has 0 aliphatic rings. The van der Waals surface area contributed by atoms with Crippen molar-refractivity contribution in [1.29, 1.82) is 0 Å². The van der Waals surface area contributed by atoms with E-state index in [-0.39, 0.29) is 11.8 Å². The third-order valence-corrected chi connectivity index (χ3v) is 5.19. The lowest BCUT2D eigenvalue weighted by Gasteiger charge is -2.09. The number of pyridine rings is 1. The van der Waals surface area contributed by atoms with Gasteiger partial charge in [0.15, 0.2) is 11.8 Å². The number of anilines is 1. The number of fused-ring (bicyclic) bond motifs is 1. The predicted octanol–water partition coefficient (Wildman–Crippen LogP) is 4.52. The van der Waals surface area contributed by atoms with Crippen molar-refractivity contribution in [1.82, 2.24) is 4.98 Å². The molecule has 0 atom stereocenters. The van der Waals surface area contributed by atoms with Crippen LogP contribution >= 0.6 is 11.6 Å². The summed E-state index contributed by atoms with van der Waals surface area (Å²) >= 11 is 5.88. The summed E-state index contributed by atoms with van der Waals surface area (Å²) in [5.41, 5.74) is 2.31. The van der Waals surface area contributed by atoms with Gasteiger partial charge in [0.05, 0.1) is 11.3 Å². The molecule has 0 bridgehead atoms. The van der Waals surface area contributed by atoms with Crippen LogP contribution < -0.4 is 15.7 Å². The fraction of sp³-hybridized carbons (Fsp3) is 0.120. The van der Waals surface area contributed by atoms with Crippen LogP contribution in [-0.2, 0) is 16.1 Å². The number of ether oxygens (including phenoxy) is 2. The Labute approximate surface area is 199 Å². The second-order valence-electron chi connectivity index (χ2n) is 7.36. The van der Waals surface area contributed by atoms with E-state index in [9.17, 15) is 14.4 Å². The quantitative estimate of drug-likeness (QED) is 0.236. The molecule has 172 valence electrons. The summed E-state index contributed by atoms with van der Waals surface area (Å²) in [5.74, 6) is -0.626. The van der Waals surface area contributed by atoms with Gasteiger partial charge in [-0.15, -0.1) is 0 Å². The van der Waals surface area contributed by atoms with E-state index in [2.05, 4.69) is 10.3 Å². The third-order valence-electron chi connectivity index (χ3n) is 4.89. The van der Waals surface area contributed by atoms with Crippen molar-refractivity contribution in [3.05, 3.63) is 99.1 Å². The molecule has 1 N–H and O–H groups in total. The number of aryl methyl sites for hydroxylation is 1. The van der Waals surface area contributed by atoms with Crippen LogP contribution in [0.4, 0.5) is 5.69 Å². The molecule has 2 aromatic heterocycles. The SMILES string of the molecule is Cc1cc(=O)oc2cc(OCc3ccc(C(=O)OCC(=O)Nc4cccnc4Cl)cc3)ccc12. The first-order valence-electron chi connectivity index (χ1n) is 10.2. The van der Waals surface area contributed by atoms with Crippen LogP contribution in [0, 0.1) is 6.92 Å². The monoisotopic (exact) mass is 478 g/mol. The van der Waals surface area contributed by atoms with E-state index in [1.165, 1.54) is 12.3 Å². The maximum absolute atomic E-state index is 12.2. The largest absolute Gasteiger partial charge is 0.489 e. The van der Waals surface area contributed by atoms with E-state index in [0.29, 0.717) is 22.6 Å². The van der Waals surface area contributed by atoms with Gasteiger partial charge in [-0.1, -0.05) is 23.7 Å². The topological polar surface area (TPSA) is 108 Å². The Bertz CT molecular complexity index is 1420. The minimum Gasteiger partial charge on any atom is -0.489 e. The zero-order valence-electron chi connectivity index (χ0n) is 18.0. The molecular weight excluding hydrogens is 460 g/mol. The number of nitrogens with one attached hydrogen (secondary N) is 1. The first kappa shape index (κ1) is 23.0. The van der Waals surface area contributed by atoms with Crippen LogP contribution in [0.25, 0.3) is 11.0 Å². The Morgan fingerprint density at radius 3 is 2.65 bits per heavy atom. The molecule has 1 amide bonds. The molecule has 0 fully saturated rings. The van der Waals surface area contributed by atoms with Crippen molar-refractivity contribution < 1.29 is 23.5 Å². The normalized spacial score (nSPS) is 10.6. The van der Waals surface area contributed by atoms with E-state index < -0.39 is 24.1 Å². The molecule has 0 saturated carbocycles. The van der Waals surface area contributed by atoms with Crippen LogP contribution in [0.2, 0.25) is 5.15 Å². The molecule has 0 aliphatic heterocycles. The van der Waals surface area contributed by atoms with E-state index in [0.717, 1.165) is 16.5 Å². The van der Waals surface area contributed by atoms with Gasteiger partial charge < -0.3 is 19.2 Å². The molecule has 34 heavy (non-hydrogen) atoms. The highest BCUT2D eigenvalue weighted by atomic mass is 35.5. The van der Waals surface area contributed by atoms with Gasteiger partial charge in [0.1, 0.15) is 17.9 Å². The minimum absolute atomic E-state index is 0.142. The summed E-state index contributed by atoms with van der Waals surface area (Å²) in [7, 11) is 0. The van der Waals surface area contributed by atoms with Crippen LogP contribution in [0.3, 0.4) is 0 Å². The van der Waals surface area contributed by atoms with Crippen LogP contribution in [-0.4, -0.2) is 23.5 Å². The molecule has 0 saturated heterocycles. The third kappa shape index (κ3) is 5.60. The van der Waals surface area contributed by atoms with E-state index >= 15 is 0 Å². The van der Waals surface area contributed by atoms with Crippen molar-refractivity contribution in [2.45, 2.75) is 13.5 Å². The first-order chi connectivity index (χ1) is 16.4. The van der Waals surface area contributed by atoms with Gasteiger partial charge in [0.2, 0.25) is 0 Å². The lowest BCUT2D eigenvalue weighted by Crippen LogP contribution is -2.21. The number of nitrogens with zero attached hydrogens (tertiary/aromatic N) is 1. The maximum Gasteiger partial charge on any atom is 0.338 e. The Morgan fingerprint density at radius 1 is 1.09 bits per heavy atom. The van der Waals surface area contributed by atoms with Crippen LogP contribution in [0.5, 0.6) is 5.75 Å². The first-order valence-corrected chi connectivity index (χ1v) is 10.6. The average molecular weight is 479 g/mol. The fourth-order valence-corrected chi connectivity index (χ4v) is 3.35. The summed E-state index contributed by atoms with van der Waals surface area (Å²) in [5, 5.41) is 3.51. The maximum atomic E-state index is 12.2. The van der Waals surface area contributed by atoms with Gasteiger partial charge in [0, 0.05) is 23.7 Å². The number of carbonyl (C=O) groups is 2. The smallest absolute Gasteiger partial charge is 0.338 e.